The summed E-state index contributed by atoms with van der Waals surface area (Å²) in [6, 6.07) is 20.3. The number of fused-ring (bicyclic) bond motifs is 1. The molecule has 3 fully saturated rings. The van der Waals surface area contributed by atoms with Gasteiger partial charge in [-0.3, -0.25) is 34.2 Å². The first-order valence-corrected chi connectivity index (χ1v) is 19.4. The monoisotopic (exact) mass is 764 g/mol. The van der Waals surface area contributed by atoms with Gasteiger partial charge in [0, 0.05) is 80.4 Å². The maximum Gasteiger partial charge on any atom is 0.262 e. The van der Waals surface area contributed by atoms with Crippen LogP contribution >= 0.6 is 11.6 Å². The number of amides is 5. The van der Waals surface area contributed by atoms with Gasteiger partial charge in [-0.25, -0.2) is 0 Å². The van der Waals surface area contributed by atoms with Crippen LogP contribution in [-0.2, 0) is 9.59 Å². The van der Waals surface area contributed by atoms with Crippen LogP contribution in [0.1, 0.15) is 88.0 Å². The molecule has 4 aliphatic rings. The van der Waals surface area contributed by atoms with E-state index in [0.717, 1.165) is 86.7 Å². The van der Waals surface area contributed by atoms with E-state index in [1.807, 2.05) is 49.5 Å². The number of anilines is 3. The van der Waals surface area contributed by atoms with Gasteiger partial charge in [0.05, 0.1) is 21.7 Å². The Morgan fingerprint density at radius 1 is 0.873 bits per heavy atom. The minimum atomic E-state index is -0.977. The van der Waals surface area contributed by atoms with Gasteiger partial charge in [-0.05, 0) is 106 Å². The zero-order chi connectivity index (χ0) is 38.6. The summed E-state index contributed by atoms with van der Waals surface area (Å²) in [7, 11) is 2.05. The molecule has 5 amide bonds. The minimum Gasteiger partial charge on any atom is -0.384 e. The standard InChI is InChI=1S/C41H45ClN8O5/c1-48(31-9-4-26(24-43)35(42)23-31)30-10-7-29(8-11-30)46-38(52)25-2-5-27(6-3-25)44-18-19-45-28-16-20-49(21-17-28)32-12-13-33-34(22-32)41(55)50(40(33)54)36-14-15-37(51)47-39(36)53/h2-6,9,12-13,22-23,28-30,36,44-45H,7-8,10-11,14-21H2,1H3,(H,46,52)(H,47,51,53). The van der Waals surface area contributed by atoms with Crippen molar-refractivity contribution in [1.29, 1.82) is 5.26 Å². The van der Waals surface area contributed by atoms with Gasteiger partial charge in [0.15, 0.2) is 0 Å². The zero-order valence-corrected chi connectivity index (χ0v) is 31.5. The molecule has 3 aromatic carbocycles. The normalized spacial score (nSPS) is 21.5. The second-order valence-corrected chi connectivity index (χ2v) is 15.2. The van der Waals surface area contributed by atoms with Gasteiger partial charge in [0.2, 0.25) is 11.8 Å². The molecule has 13 nitrogen and oxygen atoms in total. The minimum absolute atomic E-state index is 0.0654. The van der Waals surface area contributed by atoms with E-state index in [2.05, 4.69) is 37.1 Å². The number of carbonyl (C=O) groups excluding carboxylic acids is 5. The van der Waals surface area contributed by atoms with Crippen molar-refractivity contribution in [3.8, 4) is 6.07 Å². The second-order valence-electron chi connectivity index (χ2n) is 14.8. The number of hydrogen-bond acceptors (Lipinski definition) is 10. The lowest BCUT2D eigenvalue weighted by Gasteiger charge is -2.36. The highest BCUT2D eigenvalue weighted by molar-refractivity contribution is 6.32. The Morgan fingerprint density at radius 2 is 1.60 bits per heavy atom. The topological polar surface area (TPSA) is 167 Å². The molecule has 1 unspecified atom stereocenters. The molecule has 0 spiro atoms. The number of nitriles is 1. The molecular formula is C41H45ClN8O5. The maximum absolute atomic E-state index is 13.2. The molecule has 7 rings (SSSR count). The highest BCUT2D eigenvalue weighted by Gasteiger charge is 2.44. The maximum atomic E-state index is 13.2. The fourth-order valence-electron chi connectivity index (χ4n) is 8.12. The quantitative estimate of drug-likeness (QED) is 0.162. The van der Waals surface area contributed by atoms with E-state index in [0.29, 0.717) is 33.8 Å². The van der Waals surface area contributed by atoms with E-state index >= 15 is 0 Å². The lowest BCUT2D eigenvalue weighted by atomic mass is 9.90. The van der Waals surface area contributed by atoms with Crippen molar-refractivity contribution in [2.24, 2.45) is 0 Å². The van der Waals surface area contributed by atoms with E-state index in [4.69, 9.17) is 16.9 Å². The lowest BCUT2D eigenvalue weighted by Crippen LogP contribution is -2.54. The van der Waals surface area contributed by atoms with E-state index in [1.54, 1.807) is 18.2 Å². The fraction of sp³-hybridized carbons (Fsp3) is 0.415. The molecule has 2 saturated heterocycles. The smallest absolute Gasteiger partial charge is 0.262 e. The number of piperidine rings is 2. The Bertz CT molecular complexity index is 2020. The van der Waals surface area contributed by atoms with Crippen molar-refractivity contribution in [2.75, 3.05) is 48.3 Å². The van der Waals surface area contributed by atoms with Crippen molar-refractivity contribution in [2.45, 2.75) is 75.5 Å². The van der Waals surface area contributed by atoms with E-state index in [-0.39, 0.29) is 30.4 Å². The van der Waals surface area contributed by atoms with Crippen LogP contribution in [0.15, 0.2) is 60.7 Å². The molecule has 3 heterocycles. The van der Waals surface area contributed by atoms with Crippen LogP contribution in [0.25, 0.3) is 0 Å². The molecule has 0 bridgehead atoms. The van der Waals surface area contributed by atoms with E-state index in [1.165, 1.54) is 0 Å². The van der Waals surface area contributed by atoms with Crippen molar-refractivity contribution in [1.82, 2.24) is 20.9 Å². The number of imide groups is 2. The number of carbonyl (C=O) groups is 5. The van der Waals surface area contributed by atoms with Gasteiger partial charge in [0.25, 0.3) is 17.7 Å². The predicted molar refractivity (Wildman–Crippen MR) is 209 cm³/mol. The van der Waals surface area contributed by atoms with Crippen LogP contribution in [0, 0.1) is 11.3 Å². The van der Waals surface area contributed by atoms with Crippen molar-refractivity contribution in [3.63, 3.8) is 0 Å². The van der Waals surface area contributed by atoms with Crippen LogP contribution in [0.3, 0.4) is 0 Å². The average molecular weight is 765 g/mol. The van der Waals surface area contributed by atoms with Crippen molar-refractivity contribution in [3.05, 3.63) is 87.9 Å². The summed E-state index contributed by atoms with van der Waals surface area (Å²) in [6.07, 6.45) is 5.73. The van der Waals surface area contributed by atoms with Gasteiger partial charge in [-0.1, -0.05) is 11.6 Å². The molecule has 14 heteroatoms. The molecule has 55 heavy (non-hydrogen) atoms. The molecule has 1 saturated carbocycles. The molecular weight excluding hydrogens is 720 g/mol. The van der Waals surface area contributed by atoms with E-state index in [9.17, 15) is 24.0 Å². The van der Waals surface area contributed by atoms with Crippen LogP contribution in [0.4, 0.5) is 17.1 Å². The Balaban J connectivity index is 0.803. The van der Waals surface area contributed by atoms with Crippen LogP contribution in [0.5, 0.6) is 0 Å². The van der Waals surface area contributed by atoms with Crippen LogP contribution < -0.4 is 31.1 Å². The van der Waals surface area contributed by atoms with Crippen LogP contribution in [0.2, 0.25) is 5.02 Å². The van der Waals surface area contributed by atoms with Crippen molar-refractivity contribution >= 4 is 58.2 Å². The van der Waals surface area contributed by atoms with Crippen LogP contribution in [-0.4, -0.2) is 91.8 Å². The third-order valence-electron chi connectivity index (χ3n) is 11.4. The second kappa shape index (κ2) is 16.5. The molecule has 0 radical (unpaired) electrons. The lowest BCUT2D eigenvalue weighted by molar-refractivity contribution is -0.136. The molecule has 4 N–H and O–H groups in total. The number of nitrogens with zero attached hydrogens (tertiary/aromatic N) is 4. The number of halogens is 1. The van der Waals surface area contributed by atoms with Crippen molar-refractivity contribution < 1.29 is 24.0 Å². The Morgan fingerprint density at radius 3 is 2.29 bits per heavy atom. The predicted octanol–water partition coefficient (Wildman–Crippen LogP) is 4.46. The first kappa shape index (κ1) is 37.8. The number of nitrogens with one attached hydrogen (secondary N) is 4. The molecule has 1 atom stereocenters. The highest BCUT2D eigenvalue weighted by Crippen LogP contribution is 2.32. The highest BCUT2D eigenvalue weighted by atomic mass is 35.5. The molecule has 286 valence electrons. The first-order chi connectivity index (χ1) is 26.6. The van der Waals surface area contributed by atoms with E-state index < -0.39 is 29.7 Å². The molecule has 3 aromatic rings. The average Bonchev–Trinajstić information content (AvgIpc) is 3.44. The summed E-state index contributed by atoms with van der Waals surface area (Å²) in [6.45, 7) is 3.08. The van der Waals surface area contributed by atoms with Gasteiger partial charge in [0.1, 0.15) is 12.1 Å². The van der Waals surface area contributed by atoms with Gasteiger partial charge in [-0.15, -0.1) is 0 Å². The summed E-state index contributed by atoms with van der Waals surface area (Å²) in [5.74, 6) is -2.07. The fourth-order valence-corrected chi connectivity index (χ4v) is 8.34. The third-order valence-corrected chi connectivity index (χ3v) is 11.7. The summed E-state index contributed by atoms with van der Waals surface area (Å²) < 4.78 is 0. The Kier molecular flexibility index (Phi) is 11.4. The van der Waals surface area contributed by atoms with Gasteiger partial charge >= 0.3 is 0 Å². The van der Waals surface area contributed by atoms with Gasteiger partial charge in [-0.2, -0.15) is 5.26 Å². The number of rotatable bonds is 11. The first-order valence-electron chi connectivity index (χ1n) is 19.0. The molecule has 0 aromatic heterocycles. The molecule has 3 aliphatic heterocycles. The SMILES string of the molecule is CN(c1ccc(C#N)c(Cl)c1)C1CCC(NC(=O)c2ccc(NCCNC3CCN(c4ccc5c(c4)C(=O)N(C4CCC(=O)NC4=O)C5=O)CC3)cc2)CC1. The number of hydrogen-bond donors (Lipinski definition) is 4. The largest absolute Gasteiger partial charge is 0.384 e. The zero-order valence-electron chi connectivity index (χ0n) is 30.8. The summed E-state index contributed by atoms with van der Waals surface area (Å²) >= 11 is 6.25. The summed E-state index contributed by atoms with van der Waals surface area (Å²) in [5.41, 5.74) is 4.48. The number of benzene rings is 3. The summed E-state index contributed by atoms with van der Waals surface area (Å²) in [4.78, 5) is 68.7. The Hall–Kier alpha value is -5.45. The molecule has 1 aliphatic carbocycles. The Labute approximate surface area is 325 Å². The third kappa shape index (κ3) is 8.30. The summed E-state index contributed by atoms with van der Waals surface area (Å²) in [5, 5.41) is 22.1. The van der Waals surface area contributed by atoms with Gasteiger partial charge < -0.3 is 25.8 Å².